The number of amides is 1. The number of nitrogens with one attached hydrogen (secondary N) is 2. The second-order valence-corrected chi connectivity index (χ2v) is 3.64. The van der Waals surface area contributed by atoms with Crippen molar-refractivity contribution < 1.29 is 9.53 Å². The van der Waals surface area contributed by atoms with E-state index < -0.39 is 0 Å². The summed E-state index contributed by atoms with van der Waals surface area (Å²) in [5.41, 5.74) is 0. The molecule has 14 heavy (non-hydrogen) atoms. The second kappa shape index (κ2) is 7.76. The average Bonchev–Trinajstić information content (AvgIpc) is 2.12. The van der Waals surface area contributed by atoms with Gasteiger partial charge >= 0.3 is 0 Å². The zero-order chi connectivity index (χ0) is 11.0. The van der Waals surface area contributed by atoms with Crippen LogP contribution in [0.15, 0.2) is 0 Å². The van der Waals surface area contributed by atoms with Gasteiger partial charge in [0.25, 0.3) is 0 Å². The predicted octanol–water partition coefficient (Wildman–Crippen LogP) is 0.383. The Kier molecular flexibility index (Phi) is 7.42. The summed E-state index contributed by atoms with van der Waals surface area (Å²) in [5.74, 6) is 0.499. The Bertz CT molecular complexity index is 160. The van der Waals surface area contributed by atoms with E-state index in [4.69, 9.17) is 4.74 Å². The molecule has 2 N–H and O–H groups in total. The molecule has 4 nitrogen and oxygen atoms in total. The standard InChI is InChI=1S/C10H22N2O2/c1-5-11-10(13)6-12-9(7-14-4)8(2)3/h8-9,12H,5-7H2,1-4H3,(H,11,13). The molecule has 0 aliphatic rings. The minimum Gasteiger partial charge on any atom is -0.383 e. The van der Waals surface area contributed by atoms with Crippen LogP contribution in [-0.4, -0.2) is 38.8 Å². The molecule has 0 fully saturated rings. The highest BCUT2D eigenvalue weighted by Gasteiger charge is 2.13. The number of rotatable bonds is 7. The van der Waals surface area contributed by atoms with Crippen LogP contribution in [0.5, 0.6) is 0 Å². The van der Waals surface area contributed by atoms with Gasteiger partial charge in [-0.3, -0.25) is 4.79 Å². The molecule has 1 atom stereocenters. The molecule has 0 spiro atoms. The van der Waals surface area contributed by atoms with Crippen LogP contribution in [0.4, 0.5) is 0 Å². The van der Waals surface area contributed by atoms with Crippen molar-refractivity contribution in [3.63, 3.8) is 0 Å². The van der Waals surface area contributed by atoms with Crippen LogP contribution in [0.3, 0.4) is 0 Å². The summed E-state index contributed by atoms with van der Waals surface area (Å²) in [7, 11) is 1.67. The normalized spacial score (nSPS) is 12.9. The van der Waals surface area contributed by atoms with Crippen molar-refractivity contribution in [2.75, 3.05) is 26.8 Å². The van der Waals surface area contributed by atoms with Crippen molar-refractivity contribution in [2.45, 2.75) is 26.8 Å². The molecule has 0 saturated carbocycles. The number of carbonyl (C=O) groups is 1. The van der Waals surface area contributed by atoms with E-state index in [2.05, 4.69) is 24.5 Å². The fourth-order valence-electron chi connectivity index (χ4n) is 1.15. The maximum absolute atomic E-state index is 11.2. The maximum atomic E-state index is 11.2. The molecule has 0 aliphatic heterocycles. The zero-order valence-corrected chi connectivity index (χ0v) is 9.59. The smallest absolute Gasteiger partial charge is 0.233 e. The Labute approximate surface area is 86.4 Å². The number of ether oxygens (including phenoxy) is 1. The number of methoxy groups -OCH3 is 1. The SMILES string of the molecule is CCNC(=O)CNC(COC)C(C)C. The molecule has 0 rings (SSSR count). The van der Waals surface area contributed by atoms with E-state index in [1.807, 2.05) is 6.92 Å². The van der Waals surface area contributed by atoms with Crippen molar-refractivity contribution in [1.29, 1.82) is 0 Å². The van der Waals surface area contributed by atoms with Crippen molar-refractivity contribution in [1.82, 2.24) is 10.6 Å². The third kappa shape index (κ3) is 5.94. The third-order valence-corrected chi connectivity index (χ3v) is 2.05. The van der Waals surface area contributed by atoms with Crippen LogP contribution in [0, 0.1) is 5.92 Å². The summed E-state index contributed by atoms with van der Waals surface area (Å²) in [5, 5.41) is 5.91. The molecule has 0 heterocycles. The molecule has 1 unspecified atom stereocenters. The number of hydrogen-bond donors (Lipinski definition) is 2. The van der Waals surface area contributed by atoms with Gasteiger partial charge in [0.1, 0.15) is 0 Å². The molecule has 1 amide bonds. The largest absolute Gasteiger partial charge is 0.383 e. The van der Waals surface area contributed by atoms with Gasteiger partial charge in [-0.15, -0.1) is 0 Å². The summed E-state index contributed by atoms with van der Waals surface area (Å²) in [6.45, 7) is 7.80. The fraction of sp³-hybridized carbons (Fsp3) is 0.900. The lowest BCUT2D eigenvalue weighted by atomic mass is 10.1. The first-order chi connectivity index (χ1) is 6.61. The van der Waals surface area contributed by atoms with E-state index in [9.17, 15) is 4.79 Å². The maximum Gasteiger partial charge on any atom is 0.233 e. The van der Waals surface area contributed by atoms with Crippen LogP contribution < -0.4 is 10.6 Å². The Morgan fingerprint density at radius 1 is 1.43 bits per heavy atom. The van der Waals surface area contributed by atoms with Crippen molar-refractivity contribution >= 4 is 5.91 Å². The molecule has 0 saturated heterocycles. The van der Waals surface area contributed by atoms with Crippen molar-refractivity contribution in [2.24, 2.45) is 5.92 Å². The highest BCUT2D eigenvalue weighted by atomic mass is 16.5. The molecule has 0 radical (unpaired) electrons. The summed E-state index contributed by atoms with van der Waals surface area (Å²) in [4.78, 5) is 11.2. The van der Waals surface area contributed by atoms with E-state index in [1.165, 1.54) is 0 Å². The van der Waals surface area contributed by atoms with Gasteiger partial charge in [0.05, 0.1) is 13.2 Å². The quantitative estimate of drug-likeness (QED) is 0.627. The minimum atomic E-state index is 0.0363. The van der Waals surface area contributed by atoms with Crippen LogP contribution >= 0.6 is 0 Å². The average molecular weight is 202 g/mol. The Hall–Kier alpha value is -0.610. The molecule has 0 bridgehead atoms. The highest BCUT2D eigenvalue weighted by molar-refractivity contribution is 5.77. The van der Waals surface area contributed by atoms with Crippen LogP contribution in [0.25, 0.3) is 0 Å². The van der Waals surface area contributed by atoms with Crippen LogP contribution in [0.1, 0.15) is 20.8 Å². The molecule has 0 aliphatic carbocycles. The van der Waals surface area contributed by atoms with Crippen molar-refractivity contribution in [3.8, 4) is 0 Å². The van der Waals surface area contributed by atoms with E-state index in [0.29, 0.717) is 25.6 Å². The van der Waals surface area contributed by atoms with Gasteiger partial charge in [-0.25, -0.2) is 0 Å². The summed E-state index contributed by atoms with van der Waals surface area (Å²) in [6, 6.07) is 0.239. The van der Waals surface area contributed by atoms with E-state index in [0.717, 1.165) is 0 Å². The Morgan fingerprint density at radius 3 is 2.50 bits per heavy atom. The van der Waals surface area contributed by atoms with Gasteiger partial charge < -0.3 is 15.4 Å². The summed E-state index contributed by atoms with van der Waals surface area (Å²) in [6.07, 6.45) is 0. The molecular formula is C10H22N2O2. The number of hydrogen-bond acceptors (Lipinski definition) is 3. The highest BCUT2D eigenvalue weighted by Crippen LogP contribution is 2.00. The van der Waals surface area contributed by atoms with Crippen LogP contribution in [-0.2, 0) is 9.53 Å². The van der Waals surface area contributed by atoms with Crippen molar-refractivity contribution in [3.05, 3.63) is 0 Å². The lowest BCUT2D eigenvalue weighted by molar-refractivity contribution is -0.120. The van der Waals surface area contributed by atoms with Gasteiger partial charge in [-0.2, -0.15) is 0 Å². The Morgan fingerprint density at radius 2 is 2.07 bits per heavy atom. The van der Waals surface area contributed by atoms with Gasteiger partial charge in [-0.05, 0) is 12.8 Å². The van der Waals surface area contributed by atoms with E-state index >= 15 is 0 Å². The fourth-order valence-corrected chi connectivity index (χ4v) is 1.15. The number of likely N-dealkylation sites (N-methyl/N-ethyl adjacent to an activating group) is 1. The second-order valence-electron chi connectivity index (χ2n) is 3.64. The molecular weight excluding hydrogens is 180 g/mol. The summed E-state index contributed by atoms with van der Waals surface area (Å²) >= 11 is 0. The van der Waals surface area contributed by atoms with Crippen LogP contribution in [0.2, 0.25) is 0 Å². The van der Waals surface area contributed by atoms with Gasteiger partial charge in [0.15, 0.2) is 0 Å². The molecule has 0 aromatic rings. The van der Waals surface area contributed by atoms with Gasteiger partial charge in [0.2, 0.25) is 5.91 Å². The molecule has 84 valence electrons. The first kappa shape index (κ1) is 13.4. The molecule has 4 heteroatoms. The molecule has 0 aromatic heterocycles. The minimum absolute atomic E-state index is 0.0363. The monoisotopic (exact) mass is 202 g/mol. The lowest BCUT2D eigenvalue weighted by Gasteiger charge is -2.21. The van der Waals surface area contributed by atoms with Gasteiger partial charge in [0, 0.05) is 19.7 Å². The topological polar surface area (TPSA) is 50.4 Å². The first-order valence-electron chi connectivity index (χ1n) is 5.10. The lowest BCUT2D eigenvalue weighted by Crippen LogP contribution is -2.43. The number of carbonyl (C=O) groups excluding carboxylic acids is 1. The first-order valence-corrected chi connectivity index (χ1v) is 5.10. The Balaban J connectivity index is 3.75. The van der Waals surface area contributed by atoms with E-state index in [1.54, 1.807) is 7.11 Å². The molecule has 0 aromatic carbocycles. The third-order valence-electron chi connectivity index (χ3n) is 2.05. The van der Waals surface area contributed by atoms with E-state index in [-0.39, 0.29) is 11.9 Å². The van der Waals surface area contributed by atoms with Gasteiger partial charge in [-0.1, -0.05) is 13.8 Å². The zero-order valence-electron chi connectivity index (χ0n) is 9.59. The predicted molar refractivity (Wildman–Crippen MR) is 57.2 cm³/mol. The summed E-state index contributed by atoms with van der Waals surface area (Å²) < 4.78 is 5.06.